The summed E-state index contributed by atoms with van der Waals surface area (Å²) in [6.45, 7) is 1.28. The number of benzene rings is 1. The molecule has 6 nitrogen and oxygen atoms in total. The number of amides is 1. The lowest BCUT2D eigenvalue weighted by Crippen LogP contribution is -2.30. The Morgan fingerprint density at radius 3 is 2.62 bits per heavy atom. The highest BCUT2D eigenvalue weighted by Gasteiger charge is 2.28. The lowest BCUT2D eigenvalue weighted by molar-refractivity contribution is -0.118. The van der Waals surface area contributed by atoms with Gasteiger partial charge in [-0.25, -0.2) is 4.98 Å². The molecule has 0 saturated heterocycles. The number of para-hydroxylation sites is 1. The summed E-state index contributed by atoms with van der Waals surface area (Å²) in [4.78, 5) is 45.0. The molecule has 0 spiro atoms. The molecule has 4 rings (SSSR count). The molecule has 0 radical (unpaired) electrons. The molecular weight excluding hydrogens is 330 g/mol. The van der Waals surface area contributed by atoms with Crippen molar-refractivity contribution < 1.29 is 14.4 Å². The van der Waals surface area contributed by atoms with E-state index in [0.717, 1.165) is 22.5 Å². The van der Waals surface area contributed by atoms with Crippen molar-refractivity contribution in [2.45, 2.75) is 6.92 Å². The number of allylic oxidation sites excluding steroid dienone is 2. The largest absolute Gasteiger partial charge is 0.323 e. The average molecular weight is 343 g/mol. The number of nitrogens with zero attached hydrogens (tertiary/aromatic N) is 2. The fraction of sp³-hybridized carbons (Fsp3) is 0.0500. The smallest absolute Gasteiger partial charge is 0.228 e. The Hall–Kier alpha value is -3.67. The minimum Gasteiger partial charge on any atom is -0.323 e. The molecule has 0 fully saturated rings. The Morgan fingerprint density at radius 2 is 1.81 bits per heavy atom. The SMILES string of the molecule is CC(=O)NC1=CC(=O)c2ccc(-c3cccc4cccnc34)nc2C1=O. The second-order valence-corrected chi connectivity index (χ2v) is 5.91. The molecule has 2 heterocycles. The average Bonchev–Trinajstić information content (AvgIpc) is 2.64. The van der Waals surface area contributed by atoms with Gasteiger partial charge in [0.2, 0.25) is 11.7 Å². The minimum atomic E-state index is -0.482. The van der Waals surface area contributed by atoms with Gasteiger partial charge in [0.15, 0.2) is 5.78 Å². The Kier molecular flexibility index (Phi) is 3.65. The van der Waals surface area contributed by atoms with Crippen LogP contribution in [0.3, 0.4) is 0 Å². The van der Waals surface area contributed by atoms with Gasteiger partial charge in [-0.15, -0.1) is 0 Å². The number of hydrogen-bond acceptors (Lipinski definition) is 5. The van der Waals surface area contributed by atoms with Gasteiger partial charge in [0.1, 0.15) is 5.69 Å². The molecule has 1 aliphatic rings. The van der Waals surface area contributed by atoms with E-state index < -0.39 is 11.7 Å². The van der Waals surface area contributed by atoms with E-state index in [2.05, 4.69) is 15.3 Å². The maximum Gasteiger partial charge on any atom is 0.228 e. The van der Waals surface area contributed by atoms with E-state index >= 15 is 0 Å². The van der Waals surface area contributed by atoms with Gasteiger partial charge >= 0.3 is 0 Å². The summed E-state index contributed by atoms with van der Waals surface area (Å²) in [5.41, 5.74) is 2.26. The van der Waals surface area contributed by atoms with E-state index in [4.69, 9.17) is 0 Å². The number of rotatable bonds is 2. The summed E-state index contributed by atoms with van der Waals surface area (Å²) in [6.07, 6.45) is 2.82. The molecule has 0 bridgehead atoms. The number of nitrogens with one attached hydrogen (secondary N) is 1. The number of Topliss-reactive ketones (excluding diaryl/α,β-unsaturated/α-hetero) is 1. The van der Waals surface area contributed by atoms with Crippen LogP contribution in [-0.4, -0.2) is 27.4 Å². The molecule has 0 saturated carbocycles. The third-order valence-electron chi connectivity index (χ3n) is 4.12. The van der Waals surface area contributed by atoms with Crippen LogP contribution in [-0.2, 0) is 4.79 Å². The molecule has 6 heteroatoms. The van der Waals surface area contributed by atoms with Crippen molar-refractivity contribution in [2.24, 2.45) is 0 Å². The molecule has 26 heavy (non-hydrogen) atoms. The van der Waals surface area contributed by atoms with E-state index in [1.807, 2.05) is 30.3 Å². The third-order valence-corrected chi connectivity index (χ3v) is 4.12. The third kappa shape index (κ3) is 2.57. The predicted molar refractivity (Wildman–Crippen MR) is 95.5 cm³/mol. The molecular formula is C20H13N3O3. The normalized spacial score (nSPS) is 13.3. The van der Waals surface area contributed by atoms with Crippen molar-refractivity contribution in [3.05, 3.63) is 71.7 Å². The molecule has 0 unspecified atom stereocenters. The first-order valence-corrected chi connectivity index (χ1v) is 7.98. The van der Waals surface area contributed by atoms with E-state index in [-0.39, 0.29) is 22.7 Å². The number of aromatic nitrogens is 2. The van der Waals surface area contributed by atoms with Gasteiger partial charge in [-0.1, -0.05) is 24.3 Å². The highest BCUT2D eigenvalue weighted by molar-refractivity contribution is 6.24. The quantitative estimate of drug-likeness (QED) is 0.773. The van der Waals surface area contributed by atoms with Crippen molar-refractivity contribution in [3.63, 3.8) is 0 Å². The van der Waals surface area contributed by atoms with Gasteiger partial charge in [-0.3, -0.25) is 19.4 Å². The number of fused-ring (bicyclic) bond motifs is 2. The van der Waals surface area contributed by atoms with Gasteiger partial charge in [0.05, 0.1) is 22.5 Å². The van der Waals surface area contributed by atoms with Crippen LogP contribution >= 0.6 is 0 Å². The van der Waals surface area contributed by atoms with Gasteiger partial charge in [0, 0.05) is 30.1 Å². The molecule has 0 atom stereocenters. The number of hydrogen-bond donors (Lipinski definition) is 1. The highest BCUT2D eigenvalue weighted by atomic mass is 16.2. The maximum atomic E-state index is 12.6. The molecule has 1 aromatic carbocycles. The van der Waals surface area contributed by atoms with Crippen LogP contribution in [0.1, 0.15) is 27.8 Å². The fourth-order valence-corrected chi connectivity index (χ4v) is 2.98. The van der Waals surface area contributed by atoms with Crippen LogP contribution in [0.2, 0.25) is 0 Å². The summed E-state index contributed by atoms with van der Waals surface area (Å²) >= 11 is 0. The fourth-order valence-electron chi connectivity index (χ4n) is 2.98. The van der Waals surface area contributed by atoms with Crippen molar-refractivity contribution in [3.8, 4) is 11.3 Å². The highest BCUT2D eigenvalue weighted by Crippen LogP contribution is 2.28. The van der Waals surface area contributed by atoms with E-state index in [9.17, 15) is 14.4 Å². The molecule has 0 aliphatic heterocycles. The number of pyridine rings is 2. The van der Waals surface area contributed by atoms with Gasteiger partial charge in [-0.05, 0) is 18.2 Å². The van der Waals surface area contributed by atoms with Crippen LogP contribution in [0.15, 0.2) is 60.4 Å². The second kappa shape index (κ2) is 6.00. The molecule has 1 amide bonds. The van der Waals surface area contributed by atoms with Crippen LogP contribution < -0.4 is 5.32 Å². The van der Waals surface area contributed by atoms with Crippen molar-refractivity contribution in [2.75, 3.05) is 0 Å². The molecule has 1 N–H and O–H groups in total. The van der Waals surface area contributed by atoms with Crippen molar-refractivity contribution in [1.82, 2.24) is 15.3 Å². The van der Waals surface area contributed by atoms with E-state index in [1.54, 1.807) is 18.3 Å². The van der Waals surface area contributed by atoms with E-state index in [0.29, 0.717) is 5.69 Å². The van der Waals surface area contributed by atoms with Crippen molar-refractivity contribution in [1.29, 1.82) is 0 Å². The first kappa shape index (κ1) is 15.8. The zero-order chi connectivity index (χ0) is 18.3. The molecule has 126 valence electrons. The van der Waals surface area contributed by atoms with Gasteiger partial charge in [0.25, 0.3) is 0 Å². The zero-order valence-corrected chi connectivity index (χ0v) is 13.8. The van der Waals surface area contributed by atoms with Crippen LogP contribution in [0, 0.1) is 0 Å². The van der Waals surface area contributed by atoms with E-state index in [1.165, 1.54) is 6.92 Å². The minimum absolute atomic E-state index is 0.0340. The van der Waals surface area contributed by atoms with Gasteiger partial charge < -0.3 is 5.32 Å². The van der Waals surface area contributed by atoms with Gasteiger partial charge in [-0.2, -0.15) is 0 Å². The Labute approximate surface area is 148 Å². The first-order chi connectivity index (χ1) is 12.5. The summed E-state index contributed by atoms with van der Waals surface area (Å²) in [7, 11) is 0. The molecule has 2 aromatic heterocycles. The lowest BCUT2D eigenvalue weighted by Gasteiger charge is -2.15. The van der Waals surface area contributed by atoms with Crippen LogP contribution in [0.25, 0.3) is 22.2 Å². The number of ketones is 2. The lowest BCUT2D eigenvalue weighted by atomic mass is 9.95. The summed E-state index contributed by atoms with van der Waals surface area (Å²) < 4.78 is 0. The number of carbonyl (C=O) groups excluding carboxylic acids is 3. The first-order valence-electron chi connectivity index (χ1n) is 7.98. The summed E-state index contributed by atoms with van der Waals surface area (Å²) in [5.74, 6) is -1.27. The Bertz CT molecular complexity index is 1130. The zero-order valence-electron chi connectivity index (χ0n) is 13.8. The topological polar surface area (TPSA) is 89.0 Å². The van der Waals surface area contributed by atoms with Crippen LogP contribution in [0.4, 0.5) is 0 Å². The maximum absolute atomic E-state index is 12.6. The second-order valence-electron chi connectivity index (χ2n) is 5.91. The summed E-state index contributed by atoms with van der Waals surface area (Å²) in [5, 5.41) is 3.34. The summed E-state index contributed by atoms with van der Waals surface area (Å²) in [6, 6.07) is 12.8. The van der Waals surface area contributed by atoms with Crippen molar-refractivity contribution >= 4 is 28.4 Å². The standard InChI is InChI=1S/C20H13N3O3/c1-11(24)22-16-10-17(25)14-7-8-15(23-19(14)20(16)26)13-6-2-4-12-5-3-9-21-18(12)13/h2-10H,1H3,(H,22,24). The predicted octanol–water partition coefficient (Wildman–Crippen LogP) is 2.70. The molecule has 3 aromatic rings. The number of carbonyl (C=O) groups is 3. The Morgan fingerprint density at radius 1 is 1.00 bits per heavy atom. The monoisotopic (exact) mass is 343 g/mol. The molecule has 1 aliphatic carbocycles. The Balaban J connectivity index is 1.86. The van der Waals surface area contributed by atoms with Crippen LogP contribution in [0.5, 0.6) is 0 Å².